The number of amides is 1. The van der Waals surface area contributed by atoms with Crippen molar-refractivity contribution in [3.8, 4) is 0 Å². The van der Waals surface area contributed by atoms with Crippen LogP contribution in [0.2, 0.25) is 10.0 Å². The summed E-state index contributed by atoms with van der Waals surface area (Å²) < 4.78 is 4.19. The Hall–Kier alpha value is -1.30. The van der Waals surface area contributed by atoms with E-state index in [9.17, 15) is 4.79 Å². The lowest BCUT2D eigenvalue weighted by Gasteiger charge is -2.16. The van der Waals surface area contributed by atoms with Gasteiger partial charge in [0.2, 0.25) is 0 Å². The van der Waals surface area contributed by atoms with Gasteiger partial charge in [-0.3, -0.25) is 4.79 Å². The monoisotopic (exact) mass is 343 g/mol. The minimum atomic E-state index is -0.230. The normalized spacial score (nSPS) is 12.0. The summed E-state index contributed by atoms with van der Waals surface area (Å²) in [6, 6.07) is 5.00. The van der Waals surface area contributed by atoms with Gasteiger partial charge in [0.25, 0.3) is 5.91 Å². The maximum atomic E-state index is 12.4. The van der Waals surface area contributed by atoms with Crippen molar-refractivity contribution in [1.82, 2.24) is 9.69 Å². The predicted octanol–water partition coefficient (Wildman–Crippen LogP) is 4.29. The Kier molecular flexibility index (Phi) is 5.08. The lowest BCUT2D eigenvalue weighted by Crippen LogP contribution is -2.27. The topological polar surface area (TPSA) is 54.0 Å². The highest BCUT2D eigenvalue weighted by Gasteiger charge is 2.20. The molecule has 0 saturated carbocycles. The smallest absolute Gasteiger partial charge is 0.256 e. The molecule has 2 N–H and O–H groups in total. The van der Waals surface area contributed by atoms with Crippen LogP contribution in [0.3, 0.4) is 0 Å². The van der Waals surface area contributed by atoms with Crippen molar-refractivity contribution in [2.24, 2.45) is 0 Å². The molecular formula is C14H15Cl2N3OS. The van der Waals surface area contributed by atoms with Crippen LogP contribution in [0.4, 0.5) is 5.00 Å². The number of carbonyl (C=O) groups excluding carboxylic acids is 1. The molecule has 1 amide bonds. The largest absolute Gasteiger partial charge is 0.378 e. The molecule has 0 spiro atoms. The molecule has 1 atom stereocenters. The number of carbonyl (C=O) groups is 1. The van der Waals surface area contributed by atoms with Crippen LogP contribution in [0.25, 0.3) is 0 Å². The third kappa shape index (κ3) is 3.48. The van der Waals surface area contributed by atoms with Crippen LogP contribution >= 0.6 is 34.7 Å². The molecule has 0 aliphatic rings. The van der Waals surface area contributed by atoms with Gasteiger partial charge in [-0.2, -0.15) is 4.37 Å². The molecule has 0 unspecified atom stereocenters. The number of aryl methyl sites for hydroxylation is 1. The van der Waals surface area contributed by atoms with E-state index in [4.69, 9.17) is 23.2 Å². The standard InChI is InChI=1S/C14H15Cl2N3OS/c1-7(10-5-4-9(15)6-11(10)16)18-13(20)12-8(2)19-21-14(12)17-3/h4-7,17H,1-3H3,(H,18,20)/t7-/m0/s1. The summed E-state index contributed by atoms with van der Waals surface area (Å²) in [5, 5.41) is 7.76. The van der Waals surface area contributed by atoms with Crippen LogP contribution in [-0.2, 0) is 0 Å². The van der Waals surface area contributed by atoms with Gasteiger partial charge in [-0.1, -0.05) is 29.3 Å². The van der Waals surface area contributed by atoms with Crippen LogP contribution in [0, 0.1) is 6.92 Å². The Bertz CT molecular complexity index is 672. The van der Waals surface area contributed by atoms with E-state index in [1.165, 1.54) is 11.5 Å². The van der Waals surface area contributed by atoms with E-state index in [1.54, 1.807) is 19.2 Å². The summed E-state index contributed by atoms with van der Waals surface area (Å²) in [5.41, 5.74) is 2.09. The van der Waals surface area contributed by atoms with Crippen molar-refractivity contribution in [3.63, 3.8) is 0 Å². The van der Waals surface area contributed by atoms with Crippen LogP contribution in [-0.4, -0.2) is 17.3 Å². The Balaban J connectivity index is 2.21. The van der Waals surface area contributed by atoms with Gasteiger partial charge in [0, 0.05) is 17.1 Å². The summed E-state index contributed by atoms with van der Waals surface area (Å²) in [5.74, 6) is -0.177. The summed E-state index contributed by atoms with van der Waals surface area (Å²) >= 11 is 13.3. The Morgan fingerprint density at radius 3 is 2.71 bits per heavy atom. The predicted molar refractivity (Wildman–Crippen MR) is 88.7 cm³/mol. The second-order valence-corrected chi connectivity index (χ2v) is 6.20. The molecule has 1 aromatic carbocycles. The maximum Gasteiger partial charge on any atom is 0.256 e. The molecule has 1 heterocycles. The van der Waals surface area contributed by atoms with Crippen LogP contribution in [0.5, 0.6) is 0 Å². The number of anilines is 1. The lowest BCUT2D eigenvalue weighted by molar-refractivity contribution is 0.0940. The number of aromatic nitrogens is 1. The fraction of sp³-hybridized carbons (Fsp3) is 0.286. The van der Waals surface area contributed by atoms with Gasteiger partial charge in [0.1, 0.15) is 5.00 Å². The third-order valence-corrected chi connectivity index (χ3v) is 4.61. The van der Waals surface area contributed by atoms with E-state index in [-0.39, 0.29) is 11.9 Å². The molecule has 2 aromatic rings. The third-order valence-electron chi connectivity index (χ3n) is 3.09. The van der Waals surface area contributed by atoms with Crippen molar-refractivity contribution in [1.29, 1.82) is 0 Å². The van der Waals surface area contributed by atoms with Gasteiger partial charge in [-0.15, -0.1) is 0 Å². The first-order valence-electron chi connectivity index (χ1n) is 6.34. The molecule has 4 nitrogen and oxygen atoms in total. The van der Waals surface area contributed by atoms with Gasteiger partial charge in [0.15, 0.2) is 0 Å². The summed E-state index contributed by atoms with van der Waals surface area (Å²) in [6.45, 7) is 3.69. The fourth-order valence-corrected chi connectivity index (χ4v) is 3.32. The van der Waals surface area contributed by atoms with Crippen molar-refractivity contribution in [3.05, 3.63) is 45.1 Å². The highest BCUT2D eigenvalue weighted by atomic mass is 35.5. The molecule has 0 fully saturated rings. The SMILES string of the molecule is CNc1snc(C)c1C(=O)N[C@@H](C)c1ccc(Cl)cc1Cl. The fourth-order valence-electron chi connectivity index (χ4n) is 2.01. The first-order chi connectivity index (χ1) is 9.93. The first kappa shape index (κ1) is 16.1. The van der Waals surface area contributed by atoms with Crippen LogP contribution in [0.1, 0.15) is 34.6 Å². The van der Waals surface area contributed by atoms with E-state index in [0.717, 1.165) is 10.6 Å². The van der Waals surface area contributed by atoms with Gasteiger partial charge in [-0.25, -0.2) is 0 Å². The highest BCUT2D eigenvalue weighted by Crippen LogP contribution is 2.28. The number of benzene rings is 1. The number of nitrogens with one attached hydrogen (secondary N) is 2. The molecule has 21 heavy (non-hydrogen) atoms. The molecule has 0 bridgehead atoms. The number of nitrogens with zero attached hydrogens (tertiary/aromatic N) is 1. The zero-order chi connectivity index (χ0) is 15.6. The Morgan fingerprint density at radius 1 is 1.38 bits per heavy atom. The number of rotatable bonds is 4. The second-order valence-electron chi connectivity index (χ2n) is 4.58. The first-order valence-corrected chi connectivity index (χ1v) is 7.86. The van der Waals surface area contributed by atoms with E-state index in [0.29, 0.717) is 21.3 Å². The minimum absolute atomic E-state index is 0.177. The zero-order valence-electron chi connectivity index (χ0n) is 11.8. The van der Waals surface area contributed by atoms with Gasteiger partial charge in [0.05, 0.1) is 17.3 Å². The summed E-state index contributed by atoms with van der Waals surface area (Å²) in [7, 11) is 1.77. The van der Waals surface area contributed by atoms with Gasteiger partial charge >= 0.3 is 0 Å². The van der Waals surface area contributed by atoms with Crippen molar-refractivity contribution >= 4 is 45.6 Å². The molecule has 0 radical (unpaired) electrons. The minimum Gasteiger partial charge on any atom is -0.378 e. The molecule has 0 aliphatic carbocycles. The quantitative estimate of drug-likeness (QED) is 0.870. The van der Waals surface area contributed by atoms with Crippen molar-refractivity contribution in [2.75, 3.05) is 12.4 Å². The Labute approximate surface area is 137 Å². The molecule has 0 saturated heterocycles. The second kappa shape index (κ2) is 6.64. The van der Waals surface area contributed by atoms with E-state index < -0.39 is 0 Å². The zero-order valence-corrected chi connectivity index (χ0v) is 14.2. The summed E-state index contributed by atoms with van der Waals surface area (Å²) in [4.78, 5) is 12.4. The number of hydrogen-bond acceptors (Lipinski definition) is 4. The highest BCUT2D eigenvalue weighted by molar-refractivity contribution is 7.10. The summed E-state index contributed by atoms with van der Waals surface area (Å²) in [6.07, 6.45) is 0. The van der Waals surface area contributed by atoms with Gasteiger partial charge < -0.3 is 10.6 Å². The van der Waals surface area contributed by atoms with E-state index in [2.05, 4.69) is 15.0 Å². The molecule has 112 valence electrons. The molecular weight excluding hydrogens is 329 g/mol. The van der Waals surface area contributed by atoms with Crippen molar-refractivity contribution in [2.45, 2.75) is 19.9 Å². The maximum absolute atomic E-state index is 12.4. The molecule has 0 aliphatic heterocycles. The number of halogens is 2. The van der Waals surface area contributed by atoms with Crippen molar-refractivity contribution < 1.29 is 4.79 Å². The molecule has 2 rings (SSSR count). The van der Waals surface area contributed by atoms with E-state index in [1.807, 2.05) is 19.9 Å². The van der Waals surface area contributed by atoms with E-state index >= 15 is 0 Å². The average Bonchev–Trinajstić information content (AvgIpc) is 2.79. The molecule has 7 heteroatoms. The number of hydrogen-bond donors (Lipinski definition) is 2. The van der Waals surface area contributed by atoms with Crippen LogP contribution < -0.4 is 10.6 Å². The lowest BCUT2D eigenvalue weighted by atomic mass is 10.1. The average molecular weight is 344 g/mol. The Morgan fingerprint density at radius 2 is 2.10 bits per heavy atom. The van der Waals surface area contributed by atoms with Gasteiger partial charge in [-0.05, 0) is 43.1 Å². The van der Waals surface area contributed by atoms with Crippen LogP contribution in [0.15, 0.2) is 18.2 Å². The molecule has 1 aromatic heterocycles.